The number of rotatable bonds is 3. The maximum atomic E-state index is 12.7. The lowest BCUT2D eigenvalue weighted by atomic mass is 10.1. The Morgan fingerprint density at radius 3 is 2.33 bits per heavy atom. The molecule has 0 bridgehead atoms. The first-order valence-corrected chi connectivity index (χ1v) is 5.21. The van der Waals surface area contributed by atoms with Crippen molar-refractivity contribution < 1.29 is 4.39 Å². The molecule has 2 heteroatoms. The maximum absolute atomic E-state index is 12.7. The van der Waals surface area contributed by atoms with Gasteiger partial charge < -0.3 is 0 Å². The average Bonchev–Trinajstić information content (AvgIpc) is 2.17. The van der Waals surface area contributed by atoms with Crippen LogP contribution in [0.5, 0.6) is 0 Å². The molecule has 15 heavy (non-hydrogen) atoms. The van der Waals surface area contributed by atoms with Gasteiger partial charge in [-0.1, -0.05) is 50.2 Å². The molecular weight excluding hydrogens is 211 g/mol. The Hall–Kier alpha value is -1.08. The molecule has 1 aromatic rings. The van der Waals surface area contributed by atoms with Crippen LogP contribution in [0.1, 0.15) is 19.4 Å². The van der Waals surface area contributed by atoms with Gasteiger partial charge in [-0.2, -0.15) is 0 Å². The van der Waals surface area contributed by atoms with Gasteiger partial charge in [-0.25, -0.2) is 4.39 Å². The second-order valence-corrected chi connectivity index (χ2v) is 4.15. The van der Waals surface area contributed by atoms with E-state index in [9.17, 15) is 4.39 Å². The molecule has 0 aliphatic carbocycles. The van der Waals surface area contributed by atoms with Crippen molar-refractivity contribution in [1.82, 2.24) is 0 Å². The molecular formula is C13H14ClF. The van der Waals surface area contributed by atoms with Gasteiger partial charge in [0.15, 0.2) is 0 Å². The van der Waals surface area contributed by atoms with Crippen molar-refractivity contribution >= 4 is 17.2 Å². The lowest BCUT2D eigenvalue weighted by Crippen LogP contribution is -1.87. The second kappa shape index (κ2) is 5.13. The van der Waals surface area contributed by atoms with Gasteiger partial charge in [0.25, 0.3) is 0 Å². The summed E-state index contributed by atoms with van der Waals surface area (Å²) in [5.41, 5.74) is 1.57. The van der Waals surface area contributed by atoms with E-state index in [1.54, 1.807) is 12.1 Å². The van der Waals surface area contributed by atoms with Crippen molar-refractivity contribution in [3.05, 3.63) is 53.3 Å². The number of hydrogen-bond donors (Lipinski definition) is 0. The highest BCUT2D eigenvalue weighted by Crippen LogP contribution is 2.25. The quantitative estimate of drug-likeness (QED) is 0.658. The van der Waals surface area contributed by atoms with Crippen LogP contribution >= 0.6 is 11.6 Å². The molecule has 0 saturated carbocycles. The van der Waals surface area contributed by atoms with Gasteiger partial charge in [0.05, 0.1) is 0 Å². The fraction of sp³-hybridized carbons (Fsp3) is 0.231. The summed E-state index contributed by atoms with van der Waals surface area (Å²) in [6, 6.07) is 6.16. The summed E-state index contributed by atoms with van der Waals surface area (Å²) in [5, 5.41) is 0.622. The summed E-state index contributed by atoms with van der Waals surface area (Å²) in [5.74, 6) is 0.116. The van der Waals surface area contributed by atoms with Crippen molar-refractivity contribution in [3.8, 4) is 0 Å². The van der Waals surface area contributed by atoms with Gasteiger partial charge in [-0.15, -0.1) is 0 Å². The predicted octanol–water partition coefficient (Wildman–Crippen LogP) is 4.62. The van der Waals surface area contributed by atoms with Gasteiger partial charge in [-0.05, 0) is 29.2 Å². The summed E-state index contributed by atoms with van der Waals surface area (Å²) in [7, 11) is 0. The Kier molecular flexibility index (Phi) is 4.10. The topological polar surface area (TPSA) is 0 Å². The molecule has 0 nitrogen and oxygen atoms in total. The van der Waals surface area contributed by atoms with Crippen molar-refractivity contribution in [3.63, 3.8) is 0 Å². The molecule has 0 amide bonds. The summed E-state index contributed by atoms with van der Waals surface area (Å²) >= 11 is 6.07. The third kappa shape index (κ3) is 3.52. The minimum absolute atomic E-state index is 0.254. The largest absolute Gasteiger partial charge is 0.207 e. The van der Waals surface area contributed by atoms with E-state index < -0.39 is 0 Å². The molecule has 0 N–H and O–H groups in total. The van der Waals surface area contributed by atoms with Gasteiger partial charge in [0.2, 0.25) is 0 Å². The fourth-order valence-corrected chi connectivity index (χ4v) is 1.54. The number of benzene rings is 1. The molecule has 0 radical (unpaired) electrons. The molecule has 0 spiro atoms. The summed E-state index contributed by atoms with van der Waals surface area (Å²) in [4.78, 5) is 0. The first kappa shape index (κ1) is 12.0. The van der Waals surface area contributed by atoms with E-state index in [1.807, 2.05) is 19.9 Å². The molecule has 0 atom stereocenters. The molecule has 0 aliphatic rings. The third-order valence-corrected chi connectivity index (χ3v) is 2.31. The molecule has 1 rings (SSSR count). The van der Waals surface area contributed by atoms with Crippen LogP contribution in [0.2, 0.25) is 0 Å². The normalized spacial score (nSPS) is 11.9. The Bertz CT molecular complexity index is 374. The average molecular weight is 225 g/mol. The van der Waals surface area contributed by atoms with Crippen LogP contribution in [-0.2, 0) is 0 Å². The molecule has 0 aliphatic heterocycles. The number of allylic oxidation sites excluding steroid dienone is 3. The van der Waals surface area contributed by atoms with E-state index in [-0.39, 0.29) is 5.82 Å². The highest BCUT2D eigenvalue weighted by atomic mass is 35.5. The van der Waals surface area contributed by atoms with Crippen molar-refractivity contribution in [2.24, 2.45) is 5.92 Å². The molecule has 0 heterocycles. The summed E-state index contributed by atoms with van der Waals surface area (Å²) < 4.78 is 12.7. The van der Waals surface area contributed by atoms with Crippen LogP contribution in [0.25, 0.3) is 5.57 Å². The monoisotopic (exact) mass is 224 g/mol. The fourth-order valence-electron chi connectivity index (χ4n) is 1.18. The molecule has 0 unspecified atom stereocenters. The van der Waals surface area contributed by atoms with E-state index in [2.05, 4.69) is 6.58 Å². The number of halogens is 2. The van der Waals surface area contributed by atoms with Crippen molar-refractivity contribution in [2.75, 3.05) is 0 Å². The summed E-state index contributed by atoms with van der Waals surface area (Å²) in [6.45, 7) is 7.97. The molecule has 0 aromatic heterocycles. The second-order valence-electron chi connectivity index (χ2n) is 3.74. The standard InChI is InChI=1S/C13H14ClF/c1-9(2)8-13(14)10(3)11-4-6-12(15)7-5-11/h4-9H,3H2,1-2H3/b13-8-. The lowest BCUT2D eigenvalue weighted by molar-refractivity contribution is 0.627. The third-order valence-electron chi connectivity index (χ3n) is 1.96. The van der Waals surface area contributed by atoms with Crippen LogP contribution in [0.15, 0.2) is 42.0 Å². The zero-order valence-electron chi connectivity index (χ0n) is 8.93. The van der Waals surface area contributed by atoms with E-state index in [4.69, 9.17) is 11.6 Å². The van der Waals surface area contributed by atoms with E-state index in [1.165, 1.54) is 12.1 Å². The highest BCUT2D eigenvalue weighted by molar-refractivity contribution is 6.36. The molecule has 80 valence electrons. The molecule has 1 aromatic carbocycles. The zero-order valence-corrected chi connectivity index (χ0v) is 9.68. The molecule has 0 fully saturated rings. The van der Waals surface area contributed by atoms with Crippen LogP contribution < -0.4 is 0 Å². The first-order valence-electron chi connectivity index (χ1n) is 4.83. The van der Waals surface area contributed by atoms with Gasteiger partial charge in [-0.3, -0.25) is 0 Å². The Labute approximate surface area is 95.1 Å². The lowest BCUT2D eigenvalue weighted by Gasteiger charge is -2.06. The number of hydrogen-bond acceptors (Lipinski definition) is 0. The van der Waals surface area contributed by atoms with Crippen LogP contribution in [0.3, 0.4) is 0 Å². The van der Waals surface area contributed by atoms with Gasteiger partial charge in [0, 0.05) is 5.03 Å². The van der Waals surface area contributed by atoms with E-state index >= 15 is 0 Å². The van der Waals surface area contributed by atoms with Crippen LogP contribution in [0, 0.1) is 11.7 Å². The van der Waals surface area contributed by atoms with Crippen LogP contribution in [0.4, 0.5) is 4.39 Å². The van der Waals surface area contributed by atoms with Crippen molar-refractivity contribution in [2.45, 2.75) is 13.8 Å². The first-order chi connectivity index (χ1) is 7.00. The Morgan fingerprint density at radius 1 is 1.33 bits per heavy atom. The summed E-state index contributed by atoms with van der Waals surface area (Å²) in [6.07, 6.45) is 1.92. The zero-order chi connectivity index (χ0) is 11.4. The van der Waals surface area contributed by atoms with E-state index in [0.29, 0.717) is 11.0 Å². The van der Waals surface area contributed by atoms with Gasteiger partial charge >= 0.3 is 0 Å². The smallest absolute Gasteiger partial charge is 0.123 e. The Morgan fingerprint density at radius 2 is 1.87 bits per heavy atom. The minimum atomic E-state index is -0.254. The predicted molar refractivity (Wildman–Crippen MR) is 64.2 cm³/mol. The van der Waals surface area contributed by atoms with Crippen LogP contribution in [-0.4, -0.2) is 0 Å². The molecule has 0 saturated heterocycles. The van der Waals surface area contributed by atoms with Gasteiger partial charge in [0.1, 0.15) is 5.82 Å². The minimum Gasteiger partial charge on any atom is -0.207 e. The SMILES string of the molecule is C=C(/C(Cl)=C/C(C)C)c1ccc(F)cc1. The van der Waals surface area contributed by atoms with E-state index in [0.717, 1.165) is 11.1 Å². The Balaban J connectivity index is 2.90. The highest BCUT2D eigenvalue weighted by Gasteiger charge is 2.03. The maximum Gasteiger partial charge on any atom is 0.123 e. The van der Waals surface area contributed by atoms with Crippen molar-refractivity contribution in [1.29, 1.82) is 0 Å².